The van der Waals surface area contributed by atoms with E-state index >= 15 is 0 Å². The zero-order valence-electron chi connectivity index (χ0n) is 25.1. The number of amides is 1. The van der Waals surface area contributed by atoms with Gasteiger partial charge in [0.2, 0.25) is 0 Å². The summed E-state index contributed by atoms with van der Waals surface area (Å²) in [5.74, 6) is 10.7. The summed E-state index contributed by atoms with van der Waals surface area (Å²) in [5, 5.41) is 21.0. The summed E-state index contributed by atoms with van der Waals surface area (Å²) in [7, 11) is 0. The van der Waals surface area contributed by atoms with Gasteiger partial charge in [0.15, 0.2) is 0 Å². The van der Waals surface area contributed by atoms with Crippen molar-refractivity contribution in [2.75, 3.05) is 19.7 Å². The highest BCUT2D eigenvalue weighted by atomic mass is 19.1. The van der Waals surface area contributed by atoms with Crippen LogP contribution in [-0.4, -0.2) is 41.8 Å². The molecule has 2 fully saturated rings. The summed E-state index contributed by atoms with van der Waals surface area (Å²) in [6, 6.07) is 11.9. The molecule has 0 radical (unpaired) electrons. The van der Waals surface area contributed by atoms with Gasteiger partial charge in [-0.3, -0.25) is 4.90 Å². The summed E-state index contributed by atoms with van der Waals surface area (Å²) >= 11 is 0. The van der Waals surface area contributed by atoms with Crippen molar-refractivity contribution in [3.05, 3.63) is 93.6 Å². The number of nitrogens with zero attached hydrogens (tertiary/aromatic N) is 3. The fraction of sp³-hybridized carbons (Fsp3) is 0.343. The first kappa shape index (κ1) is 32.6. The summed E-state index contributed by atoms with van der Waals surface area (Å²) in [6.07, 6.45) is 5.01. The van der Waals surface area contributed by atoms with Crippen LogP contribution in [0.2, 0.25) is 0 Å². The van der Waals surface area contributed by atoms with Crippen molar-refractivity contribution < 1.29 is 18.3 Å². The van der Waals surface area contributed by atoms with Crippen molar-refractivity contribution >= 4 is 6.09 Å². The lowest BCUT2D eigenvalue weighted by atomic mass is 9.95. The zero-order valence-corrected chi connectivity index (χ0v) is 25.1. The van der Waals surface area contributed by atoms with Gasteiger partial charge in [0, 0.05) is 23.2 Å². The molecule has 2 aromatic rings. The molecule has 0 bridgehead atoms. The molecular weight excluding hydrogens is 546 g/mol. The van der Waals surface area contributed by atoms with Gasteiger partial charge in [-0.1, -0.05) is 23.7 Å². The fourth-order valence-corrected chi connectivity index (χ4v) is 4.81. The summed E-state index contributed by atoms with van der Waals surface area (Å²) in [6.45, 7) is 11.8. The lowest BCUT2D eigenvalue weighted by Crippen LogP contribution is -2.43. The number of nitriles is 2. The normalized spacial score (nSPS) is 17.8. The molecule has 0 aromatic heterocycles. The molecule has 0 spiro atoms. The Balaban J connectivity index is 0.000000242. The molecular formula is C35H34F2N4O2. The Morgan fingerprint density at radius 2 is 1.40 bits per heavy atom. The molecule has 0 atom stereocenters. The minimum atomic E-state index is -0.485. The van der Waals surface area contributed by atoms with Gasteiger partial charge in [0.1, 0.15) is 11.6 Å². The maximum absolute atomic E-state index is 13.4. The van der Waals surface area contributed by atoms with Crippen molar-refractivity contribution in [2.45, 2.75) is 58.5 Å². The van der Waals surface area contributed by atoms with Crippen LogP contribution in [0.5, 0.6) is 0 Å². The first-order valence-electron chi connectivity index (χ1n) is 13.9. The molecule has 43 heavy (non-hydrogen) atoms. The molecule has 2 aliphatic rings. The zero-order chi connectivity index (χ0) is 31.6. The Morgan fingerprint density at radius 3 is 1.86 bits per heavy atom. The molecule has 0 unspecified atom stereocenters. The Kier molecular flexibility index (Phi) is 10.9. The molecule has 8 heteroatoms. The van der Waals surface area contributed by atoms with E-state index in [9.17, 15) is 13.6 Å². The number of hydrogen-bond acceptors (Lipinski definition) is 5. The fourth-order valence-electron chi connectivity index (χ4n) is 4.81. The van der Waals surface area contributed by atoms with E-state index in [1.165, 1.54) is 29.8 Å². The van der Waals surface area contributed by atoms with Gasteiger partial charge >= 0.3 is 6.09 Å². The highest BCUT2D eigenvalue weighted by Gasteiger charge is 2.40. The van der Waals surface area contributed by atoms with E-state index < -0.39 is 17.2 Å². The van der Waals surface area contributed by atoms with Crippen molar-refractivity contribution in [2.24, 2.45) is 0 Å². The number of allylic oxidation sites excluding steroid dienone is 2. The van der Waals surface area contributed by atoms with Crippen LogP contribution in [0.4, 0.5) is 13.6 Å². The molecule has 2 aromatic carbocycles. The molecule has 4 rings (SSSR count). The van der Waals surface area contributed by atoms with Gasteiger partial charge < -0.3 is 10.1 Å². The van der Waals surface area contributed by atoms with E-state index in [1.54, 1.807) is 30.0 Å². The van der Waals surface area contributed by atoms with E-state index in [0.29, 0.717) is 36.3 Å². The van der Waals surface area contributed by atoms with E-state index in [0.717, 1.165) is 18.5 Å². The van der Waals surface area contributed by atoms with Crippen LogP contribution in [0.25, 0.3) is 0 Å². The van der Waals surface area contributed by atoms with Crippen molar-refractivity contribution in [3.63, 3.8) is 0 Å². The Bertz CT molecular complexity index is 1650. The van der Waals surface area contributed by atoms with Crippen LogP contribution < -0.4 is 5.32 Å². The van der Waals surface area contributed by atoms with Gasteiger partial charge in [-0.25, -0.2) is 13.6 Å². The molecule has 2 aliphatic heterocycles. The van der Waals surface area contributed by atoms with E-state index in [4.69, 9.17) is 15.3 Å². The third-order valence-electron chi connectivity index (χ3n) is 7.30. The van der Waals surface area contributed by atoms with Crippen molar-refractivity contribution in [1.82, 2.24) is 10.2 Å². The number of carbonyl (C=O) groups is 1. The summed E-state index contributed by atoms with van der Waals surface area (Å²) < 4.78 is 31.7. The van der Waals surface area contributed by atoms with Crippen LogP contribution in [0.3, 0.4) is 0 Å². The lowest BCUT2D eigenvalue weighted by molar-refractivity contribution is 0.0902. The van der Waals surface area contributed by atoms with Crippen LogP contribution in [0.1, 0.15) is 69.7 Å². The predicted octanol–water partition coefficient (Wildman–Crippen LogP) is 6.36. The number of ether oxygens (including phenoxy) is 1. The number of rotatable bonds is 1. The smallest absolute Gasteiger partial charge is 0.410 e. The van der Waals surface area contributed by atoms with E-state index in [2.05, 4.69) is 42.8 Å². The number of hydrogen-bond donors (Lipinski definition) is 1. The molecule has 2 heterocycles. The highest BCUT2D eigenvalue weighted by Crippen LogP contribution is 2.34. The van der Waals surface area contributed by atoms with Gasteiger partial charge in [0.25, 0.3) is 0 Å². The number of nitrogens with one attached hydrogen (secondary N) is 1. The SMILES string of the molecule is CC1(C)NCC/C1=C\C#Cc1cc(F)cc(C#N)c1.CCOC(=O)N1CC/C(=C\C#Cc2cc(F)cc(C#N)c2)C1(C)C. The first-order valence-corrected chi connectivity index (χ1v) is 13.9. The second-order valence-corrected chi connectivity index (χ2v) is 11.0. The van der Waals surface area contributed by atoms with Gasteiger partial charge in [-0.05, 0) is 114 Å². The van der Waals surface area contributed by atoms with Crippen LogP contribution in [-0.2, 0) is 4.74 Å². The third kappa shape index (κ3) is 8.80. The third-order valence-corrected chi connectivity index (χ3v) is 7.30. The predicted molar refractivity (Wildman–Crippen MR) is 161 cm³/mol. The second kappa shape index (κ2) is 14.3. The van der Waals surface area contributed by atoms with E-state index in [1.807, 2.05) is 32.1 Å². The Hall–Kier alpha value is -4.89. The highest BCUT2D eigenvalue weighted by molar-refractivity contribution is 5.70. The number of benzene rings is 2. The maximum Gasteiger partial charge on any atom is 0.410 e. The molecule has 2 saturated heterocycles. The van der Waals surface area contributed by atoms with Crippen LogP contribution in [0, 0.1) is 58.0 Å². The topological polar surface area (TPSA) is 89.2 Å². The number of halogens is 2. The molecule has 220 valence electrons. The quantitative estimate of drug-likeness (QED) is 0.397. The average Bonchev–Trinajstić information content (AvgIpc) is 3.44. The van der Waals surface area contributed by atoms with Crippen molar-refractivity contribution in [1.29, 1.82) is 10.5 Å². The number of likely N-dealkylation sites (tertiary alicyclic amines) is 1. The minimum absolute atomic E-state index is 0.0194. The standard InChI is InChI=1S/C19H19FN2O2.C16H15FN2/c1-4-24-18(23)22-9-8-16(19(22,2)3)7-5-6-14-10-15(13-21)12-17(20)11-14;1-16(2)14(6-7-19-16)5-3-4-12-8-13(11-18)10-15(17)9-12/h7,10-12H,4,8-9H2,1-3H3;5,8-10,19H,6-7H2,1-2H3/b16-7+;14-5+. The maximum atomic E-state index is 13.4. The van der Waals surface area contributed by atoms with Gasteiger partial charge in [-0.2, -0.15) is 10.5 Å². The second-order valence-electron chi connectivity index (χ2n) is 11.0. The van der Waals surface area contributed by atoms with Crippen LogP contribution >= 0.6 is 0 Å². The van der Waals surface area contributed by atoms with Gasteiger partial charge in [0.05, 0.1) is 35.4 Å². The van der Waals surface area contributed by atoms with Gasteiger partial charge in [-0.15, -0.1) is 0 Å². The van der Waals surface area contributed by atoms with Crippen LogP contribution in [0.15, 0.2) is 59.7 Å². The van der Waals surface area contributed by atoms with E-state index in [-0.39, 0.29) is 17.2 Å². The summed E-state index contributed by atoms with van der Waals surface area (Å²) in [4.78, 5) is 13.7. The number of carbonyl (C=O) groups excluding carboxylic acids is 1. The molecule has 1 N–H and O–H groups in total. The molecule has 1 amide bonds. The first-order chi connectivity index (χ1) is 20.4. The molecule has 0 saturated carbocycles. The summed E-state index contributed by atoms with van der Waals surface area (Å²) in [5.41, 5.74) is 3.27. The molecule has 0 aliphatic carbocycles. The van der Waals surface area contributed by atoms with Crippen molar-refractivity contribution in [3.8, 4) is 35.8 Å². The average molecular weight is 581 g/mol. The Morgan fingerprint density at radius 1 is 0.884 bits per heavy atom. The minimum Gasteiger partial charge on any atom is -0.450 e. The largest absolute Gasteiger partial charge is 0.450 e. The lowest BCUT2D eigenvalue weighted by Gasteiger charge is -2.31. The molecule has 6 nitrogen and oxygen atoms in total. The monoisotopic (exact) mass is 580 g/mol. The Labute approximate surface area is 252 Å².